The number of rotatable bonds is 10. The van der Waals surface area contributed by atoms with E-state index in [1.165, 1.54) is 18.3 Å². The molecule has 0 spiro atoms. The summed E-state index contributed by atoms with van der Waals surface area (Å²) in [5.74, 6) is -0.313. The van der Waals surface area contributed by atoms with Gasteiger partial charge in [-0.2, -0.15) is 13.8 Å². The van der Waals surface area contributed by atoms with Crippen molar-refractivity contribution < 1.29 is 27.8 Å². The van der Waals surface area contributed by atoms with Crippen LogP contribution < -0.4 is 16.0 Å². The average Bonchev–Trinajstić information content (AvgIpc) is 2.78. The zero-order chi connectivity index (χ0) is 22.9. The summed E-state index contributed by atoms with van der Waals surface area (Å²) < 4.78 is 41.4. The molecule has 4 N–H and O–H groups in total. The Labute approximate surface area is 183 Å². The van der Waals surface area contributed by atoms with Crippen molar-refractivity contribution in [3.05, 3.63) is 47.4 Å². The van der Waals surface area contributed by atoms with Crippen molar-refractivity contribution in [3.8, 4) is 0 Å². The Morgan fingerprint density at radius 1 is 1.19 bits per heavy atom. The number of carbonyl (C=O) groups is 1. The highest BCUT2D eigenvalue weighted by atomic mass is 19.3. The summed E-state index contributed by atoms with van der Waals surface area (Å²) in [4.78, 5) is 21.2. The molecule has 1 fully saturated rings. The molecule has 11 heteroatoms. The normalized spacial score (nSPS) is 18.4. The molecular formula is C21H26F3N5O3. The predicted octanol–water partition coefficient (Wildman–Crippen LogP) is 2.91. The molecule has 1 heterocycles. The van der Waals surface area contributed by atoms with Gasteiger partial charge in [-0.05, 0) is 43.4 Å². The highest BCUT2D eigenvalue weighted by Gasteiger charge is 2.22. The van der Waals surface area contributed by atoms with E-state index in [9.17, 15) is 23.1 Å². The zero-order valence-electron chi connectivity index (χ0n) is 17.4. The Kier molecular flexibility index (Phi) is 8.63. The maximum absolute atomic E-state index is 13.1. The first-order valence-corrected chi connectivity index (χ1v) is 10.4. The van der Waals surface area contributed by atoms with Gasteiger partial charge in [0.1, 0.15) is 17.2 Å². The van der Waals surface area contributed by atoms with Crippen LogP contribution in [-0.2, 0) is 11.3 Å². The number of aliphatic hydroxyl groups is 1. The zero-order valence-corrected chi connectivity index (χ0v) is 17.4. The number of hydrogen-bond donors (Lipinski definition) is 4. The molecule has 0 atom stereocenters. The highest BCUT2D eigenvalue weighted by Crippen LogP contribution is 2.23. The summed E-state index contributed by atoms with van der Waals surface area (Å²) in [6.45, 7) is -2.83. The van der Waals surface area contributed by atoms with E-state index in [0.717, 1.165) is 5.56 Å². The van der Waals surface area contributed by atoms with Gasteiger partial charge in [0.25, 0.3) is 5.91 Å². The molecule has 8 nitrogen and oxygen atoms in total. The molecule has 1 aliphatic carbocycles. The number of alkyl halides is 2. The van der Waals surface area contributed by atoms with E-state index in [1.807, 2.05) is 0 Å². The molecule has 1 amide bonds. The molecular weight excluding hydrogens is 427 g/mol. The van der Waals surface area contributed by atoms with Gasteiger partial charge in [0.15, 0.2) is 0 Å². The van der Waals surface area contributed by atoms with Gasteiger partial charge in [0.05, 0.1) is 12.7 Å². The Hall–Kier alpha value is -2.92. The number of nitrogens with zero attached hydrogens (tertiary/aromatic N) is 2. The van der Waals surface area contributed by atoms with Crippen molar-refractivity contribution in [2.24, 2.45) is 0 Å². The van der Waals surface area contributed by atoms with Gasteiger partial charge >= 0.3 is 6.61 Å². The average molecular weight is 453 g/mol. The molecule has 0 saturated heterocycles. The smallest absolute Gasteiger partial charge is 0.345 e. The van der Waals surface area contributed by atoms with E-state index >= 15 is 0 Å². The molecule has 3 rings (SSSR count). The maximum Gasteiger partial charge on any atom is 0.345 e. The van der Waals surface area contributed by atoms with Gasteiger partial charge in [-0.3, -0.25) is 4.79 Å². The molecule has 2 aromatic rings. The second-order valence-electron chi connectivity index (χ2n) is 7.47. The van der Waals surface area contributed by atoms with Gasteiger partial charge in [-0.15, -0.1) is 0 Å². The van der Waals surface area contributed by atoms with Gasteiger partial charge in [-0.25, -0.2) is 9.37 Å². The van der Waals surface area contributed by atoms with Crippen molar-refractivity contribution in [1.82, 2.24) is 15.3 Å². The summed E-state index contributed by atoms with van der Waals surface area (Å²) in [6, 6.07) is 5.80. The summed E-state index contributed by atoms with van der Waals surface area (Å²) in [5, 5.41) is 18.5. The number of aliphatic hydroxyl groups excluding tert-OH is 1. The number of amides is 1. The third-order valence-electron chi connectivity index (χ3n) is 5.07. The van der Waals surface area contributed by atoms with E-state index in [0.29, 0.717) is 31.5 Å². The number of anilines is 2. The van der Waals surface area contributed by atoms with Crippen molar-refractivity contribution in [1.29, 1.82) is 0 Å². The van der Waals surface area contributed by atoms with Crippen LogP contribution in [-0.4, -0.2) is 52.9 Å². The first-order valence-electron chi connectivity index (χ1n) is 10.4. The summed E-state index contributed by atoms with van der Waals surface area (Å²) in [6.07, 6.45) is 3.74. The van der Waals surface area contributed by atoms with Crippen molar-refractivity contribution in [3.63, 3.8) is 0 Å². The van der Waals surface area contributed by atoms with Crippen molar-refractivity contribution in [2.45, 2.75) is 51.0 Å². The van der Waals surface area contributed by atoms with Gasteiger partial charge in [0, 0.05) is 25.3 Å². The Balaban J connectivity index is 1.68. The number of carbonyl (C=O) groups excluding carboxylic acids is 1. The molecule has 174 valence electrons. The first-order chi connectivity index (χ1) is 15.4. The fourth-order valence-electron chi connectivity index (χ4n) is 3.35. The van der Waals surface area contributed by atoms with Crippen LogP contribution >= 0.6 is 0 Å². The minimum absolute atomic E-state index is 0.0203. The maximum atomic E-state index is 13.1. The quantitative estimate of drug-likeness (QED) is 0.410. The molecule has 1 aliphatic rings. The lowest BCUT2D eigenvalue weighted by molar-refractivity contribution is -0.125. The number of nitrogens with one attached hydrogen (secondary N) is 3. The van der Waals surface area contributed by atoms with Crippen LogP contribution in [0.2, 0.25) is 0 Å². The largest absolute Gasteiger partial charge is 0.393 e. The predicted molar refractivity (Wildman–Crippen MR) is 112 cm³/mol. The third-order valence-corrected chi connectivity index (χ3v) is 5.07. The minimum Gasteiger partial charge on any atom is -0.393 e. The number of aromatic nitrogens is 2. The standard InChI is InChI=1S/C21H26F3N5O3/c22-14-3-1-13(2-4-14)11-26-19(31)17-12-27-21(25-9-10-32-20(23)24)29-18(17)28-15-5-7-16(30)8-6-15/h1-4,12,15-16,20,30H,5-11H2,(H,26,31)(H2,25,27,28,29). The van der Waals surface area contributed by atoms with Crippen LogP contribution in [0.25, 0.3) is 0 Å². The lowest BCUT2D eigenvalue weighted by atomic mass is 9.93. The number of ether oxygens (including phenoxy) is 1. The van der Waals surface area contributed by atoms with E-state index < -0.39 is 12.5 Å². The van der Waals surface area contributed by atoms with Gasteiger partial charge in [-0.1, -0.05) is 12.1 Å². The topological polar surface area (TPSA) is 108 Å². The van der Waals surface area contributed by atoms with Gasteiger partial charge < -0.3 is 25.8 Å². The van der Waals surface area contributed by atoms with E-state index in [2.05, 4.69) is 30.7 Å². The second-order valence-corrected chi connectivity index (χ2v) is 7.47. The lowest BCUT2D eigenvalue weighted by Gasteiger charge is -2.27. The fraction of sp³-hybridized carbons (Fsp3) is 0.476. The van der Waals surface area contributed by atoms with Crippen LogP contribution in [0.15, 0.2) is 30.5 Å². The van der Waals surface area contributed by atoms with Crippen molar-refractivity contribution in [2.75, 3.05) is 23.8 Å². The lowest BCUT2D eigenvalue weighted by Crippen LogP contribution is -2.31. The van der Waals surface area contributed by atoms with Gasteiger partial charge in [0.2, 0.25) is 5.95 Å². The Morgan fingerprint density at radius 2 is 1.91 bits per heavy atom. The number of benzene rings is 1. The van der Waals surface area contributed by atoms with Crippen LogP contribution in [0, 0.1) is 5.82 Å². The molecule has 0 bridgehead atoms. The van der Waals surface area contributed by atoms with Crippen LogP contribution in [0.1, 0.15) is 41.6 Å². The van der Waals surface area contributed by atoms with Crippen molar-refractivity contribution >= 4 is 17.7 Å². The SMILES string of the molecule is O=C(NCc1ccc(F)cc1)c1cnc(NCCOC(F)F)nc1NC1CCC(O)CC1. The molecule has 1 aromatic heterocycles. The molecule has 1 aromatic carbocycles. The molecule has 0 radical (unpaired) electrons. The summed E-state index contributed by atoms with van der Waals surface area (Å²) in [5.41, 5.74) is 0.946. The summed E-state index contributed by atoms with van der Waals surface area (Å²) >= 11 is 0. The monoisotopic (exact) mass is 453 g/mol. The second kappa shape index (κ2) is 11.6. The minimum atomic E-state index is -2.86. The molecule has 1 saturated carbocycles. The molecule has 32 heavy (non-hydrogen) atoms. The van der Waals surface area contributed by atoms with Crippen LogP contribution in [0.4, 0.5) is 24.9 Å². The van der Waals surface area contributed by atoms with E-state index in [-0.39, 0.29) is 49.2 Å². The summed E-state index contributed by atoms with van der Waals surface area (Å²) in [7, 11) is 0. The third kappa shape index (κ3) is 7.34. The van der Waals surface area contributed by atoms with E-state index in [1.54, 1.807) is 12.1 Å². The van der Waals surface area contributed by atoms with Crippen LogP contribution in [0.5, 0.6) is 0 Å². The van der Waals surface area contributed by atoms with E-state index in [4.69, 9.17) is 0 Å². The number of hydrogen-bond acceptors (Lipinski definition) is 7. The molecule has 0 unspecified atom stereocenters. The highest BCUT2D eigenvalue weighted by molar-refractivity contribution is 5.98. The first kappa shape index (κ1) is 23.7. The van der Waals surface area contributed by atoms with Crippen LogP contribution in [0.3, 0.4) is 0 Å². The fourth-order valence-corrected chi connectivity index (χ4v) is 3.35. The molecule has 0 aliphatic heterocycles. The number of halogens is 3. The Morgan fingerprint density at radius 3 is 2.59 bits per heavy atom. The Bertz CT molecular complexity index is 877.